The zero-order valence-corrected chi connectivity index (χ0v) is 65.9. The number of nitrogens with zero attached hydrogens (tertiary/aromatic N) is 2. The van der Waals surface area contributed by atoms with Crippen LogP contribution >= 0.6 is 35.0 Å². The molecule has 13 rings (SSSR count). The van der Waals surface area contributed by atoms with Gasteiger partial charge in [0, 0.05) is 58.7 Å². The SMILES string of the molecule is COc1cc2ccc(OC)c(OC)c2cc1I.COc1ccc2c(OC)c(OC)ccc2c1.COc1ccc2c(c1OC)C[C@H]1CCCN(C(=O)OC(C)(C)C)[C@@H]1C2.COc1ccc2c(c1OC)C[C@H]1CCCN(C(=O)OC(C)(C)C)[C@@H]1C2.COc1ccc2c(c1OC)C[C@H]1CCCN[C@@H]1C2.Cl. The number of methoxy groups -OCH3 is 12. The summed E-state index contributed by atoms with van der Waals surface area (Å²) in [6.07, 6.45) is 12.3. The fourth-order valence-corrected chi connectivity index (χ4v) is 16.0. The van der Waals surface area contributed by atoms with E-state index in [9.17, 15) is 9.59 Å². The summed E-state index contributed by atoms with van der Waals surface area (Å²) in [5.41, 5.74) is 6.80. The van der Waals surface area contributed by atoms with Crippen LogP contribution in [-0.4, -0.2) is 156 Å². The van der Waals surface area contributed by atoms with Crippen molar-refractivity contribution in [3.63, 3.8) is 0 Å². The fraction of sp³-hybridized carbons (Fsp3) is 0.506. The highest BCUT2D eigenvalue weighted by atomic mass is 127. The molecule has 3 aliphatic heterocycles. The maximum atomic E-state index is 12.7. The van der Waals surface area contributed by atoms with Crippen molar-refractivity contribution in [1.29, 1.82) is 0 Å². The van der Waals surface area contributed by atoms with E-state index in [1.54, 1.807) is 85.3 Å². The predicted molar refractivity (Wildman–Crippen MR) is 411 cm³/mol. The lowest BCUT2D eigenvalue weighted by Crippen LogP contribution is -2.53. The van der Waals surface area contributed by atoms with Crippen LogP contribution in [0.4, 0.5) is 9.59 Å². The Labute approximate surface area is 623 Å². The van der Waals surface area contributed by atoms with Gasteiger partial charge in [-0.25, -0.2) is 9.59 Å². The van der Waals surface area contributed by atoms with Gasteiger partial charge in [0.15, 0.2) is 57.5 Å². The highest BCUT2D eigenvalue weighted by Crippen LogP contribution is 2.47. The molecule has 7 aromatic carbocycles. The number of ether oxygens (including phenoxy) is 14. The third-order valence-corrected chi connectivity index (χ3v) is 20.8. The van der Waals surface area contributed by atoms with E-state index in [2.05, 4.69) is 46.1 Å². The Bertz CT molecular complexity index is 3870. The minimum Gasteiger partial charge on any atom is -0.497 e. The van der Waals surface area contributed by atoms with E-state index in [0.29, 0.717) is 17.9 Å². The Morgan fingerprint density at radius 1 is 0.402 bits per heavy atom. The summed E-state index contributed by atoms with van der Waals surface area (Å²) in [5, 5.41) is 7.83. The zero-order valence-electron chi connectivity index (χ0n) is 62.9. The lowest BCUT2D eigenvalue weighted by molar-refractivity contribution is -0.00234. The van der Waals surface area contributed by atoms with Gasteiger partial charge in [-0.3, -0.25) is 0 Å². The van der Waals surface area contributed by atoms with Gasteiger partial charge in [-0.15, -0.1) is 12.4 Å². The molecule has 0 bridgehead atoms. The molecule has 0 unspecified atom stereocenters. The van der Waals surface area contributed by atoms with E-state index in [-0.39, 0.29) is 36.7 Å². The van der Waals surface area contributed by atoms with Gasteiger partial charge in [-0.2, -0.15) is 0 Å². The molecule has 19 nitrogen and oxygen atoms in total. The summed E-state index contributed by atoms with van der Waals surface area (Å²) in [7, 11) is 20.0. The number of hydrogen-bond acceptors (Lipinski definition) is 17. The zero-order chi connectivity index (χ0) is 72.9. The molecule has 6 aliphatic rings. The first-order valence-corrected chi connectivity index (χ1v) is 36.1. The summed E-state index contributed by atoms with van der Waals surface area (Å²) in [4.78, 5) is 29.2. The molecule has 0 saturated carbocycles. The number of likely N-dealkylation sites (tertiary alicyclic amines) is 2. The van der Waals surface area contributed by atoms with Gasteiger partial charge < -0.3 is 81.4 Å². The molecule has 1 N–H and O–H groups in total. The van der Waals surface area contributed by atoms with Gasteiger partial charge in [-0.1, -0.05) is 30.3 Å². The molecule has 0 radical (unpaired) electrons. The van der Waals surface area contributed by atoms with Crippen molar-refractivity contribution in [1.82, 2.24) is 15.1 Å². The summed E-state index contributed by atoms with van der Waals surface area (Å²) >= 11 is 2.24. The molecule has 3 heterocycles. The number of carbonyl (C=O) groups excluding carboxylic acids is 2. The highest BCUT2D eigenvalue weighted by molar-refractivity contribution is 14.1. The number of hydrogen-bond donors (Lipinski definition) is 1. The fourth-order valence-electron chi connectivity index (χ4n) is 15.3. The van der Waals surface area contributed by atoms with Crippen LogP contribution in [0.1, 0.15) is 113 Å². The number of carbonyl (C=O) groups is 2. The van der Waals surface area contributed by atoms with Gasteiger partial charge in [-0.05, 0) is 254 Å². The van der Waals surface area contributed by atoms with E-state index >= 15 is 0 Å². The molecule has 6 atom stereocenters. The van der Waals surface area contributed by atoms with E-state index in [1.807, 2.05) is 124 Å². The number of halogens is 2. The summed E-state index contributed by atoms with van der Waals surface area (Å²) in [6.45, 7) is 14.2. The number of rotatable bonds is 12. The molecule has 3 fully saturated rings. The molecule has 0 aromatic heterocycles. The van der Waals surface area contributed by atoms with E-state index < -0.39 is 11.2 Å². The minimum atomic E-state index is -0.465. The van der Waals surface area contributed by atoms with Crippen molar-refractivity contribution in [3.8, 4) is 69.0 Å². The van der Waals surface area contributed by atoms with E-state index in [1.165, 1.54) is 52.8 Å². The Morgan fingerprint density at radius 2 is 0.784 bits per heavy atom. The monoisotopic (exact) mass is 1540 g/mol. The third kappa shape index (κ3) is 18.6. The molecule has 2 amide bonds. The van der Waals surface area contributed by atoms with E-state index in [4.69, 9.17) is 66.3 Å². The second-order valence-corrected chi connectivity index (χ2v) is 29.3. The first kappa shape index (κ1) is 79.9. The number of piperidine rings is 3. The molecule has 102 heavy (non-hydrogen) atoms. The molecule has 556 valence electrons. The van der Waals surface area contributed by atoms with Crippen LogP contribution in [0.3, 0.4) is 0 Å². The second-order valence-electron chi connectivity index (χ2n) is 28.2. The maximum absolute atomic E-state index is 12.7. The quantitative estimate of drug-likeness (QED) is 0.114. The number of nitrogens with one attached hydrogen (secondary N) is 1. The Balaban J connectivity index is 0.000000163. The average molecular weight is 1540 g/mol. The molecular weight excluding hydrogens is 1430 g/mol. The third-order valence-electron chi connectivity index (χ3n) is 19.9. The van der Waals surface area contributed by atoms with Gasteiger partial charge in [0.2, 0.25) is 0 Å². The van der Waals surface area contributed by atoms with Gasteiger partial charge in [0.05, 0.1) is 88.9 Å². The lowest BCUT2D eigenvalue weighted by atomic mass is 9.75. The van der Waals surface area contributed by atoms with Crippen LogP contribution in [0.5, 0.6) is 69.0 Å². The van der Waals surface area contributed by atoms with Gasteiger partial charge in [0.25, 0.3) is 0 Å². The largest absolute Gasteiger partial charge is 0.497 e. The van der Waals surface area contributed by atoms with Crippen LogP contribution in [0.15, 0.2) is 91.0 Å². The van der Waals surface area contributed by atoms with Crippen molar-refractivity contribution < 1.29 is 75.9 Å². The minimum absolute atomic E-state index is 0. The van der Waals surface area contributed by atoms with Crippen molar-refractivity contribution in [2.45, 2.75) is 148 Å². The van der Waals surface area contributed by atoms with Crippen LogP contribution in [0, 0.1) is 21.3 Å². The highest BCUT2D eigenvalue weighted by Gasteiger charge is 2.43. The van der Waals surface area contributed by atoms with E-state index in [0.717, 1.165) is 177 Å². The van der Waals surface area contributed by atoms with Crippen molar-refractivity contribution >= 4 is 68.7 Å². The maximum Gasteiger partial charge on any atom is 0.410 e. The topological polar surface area (TPSA) is 182 Å². The molecule has 7 aromatic rings. The number of fused-ring (bicyclic) bond motifs is 8. The van der Waals surface area contributed by atoms with Crippen LogP contribution in [0.2, 0.25) is 0 Å². The summed E-state index contributed by atoms with van der Waals surface area (Å²) < 4.78 is 77.2. The lowest BCUT2D eigenvalue weighted by Gasteiger charge is -2.44. The predicted octanol–water partition coefficient (Wildman–Crippen LogP) is 16.6. The van der Waals surface area contributed by atoms with Crippen molar-refractivity contribution in [2.24, 2.45) is 17.8 Å². The summed E-state index contributed by atoms with van der Waals surface area (Å²) in [5.74, 6) is 11.4. The molecule has 0 spiro atoms. The van der Waals surface area contributed by atoms with Gasteiger partial charge >= 0.3 is 12.2 Å². The van der Waals surface area contributed by atoms with Gasteiger partial charge in [0.1, 0.15) is 22.7 Å². The van der Waals surface area contributed by atoms with Crippen LogP contribution in [0.25, 0.3) is 21.5 Å². The molecule has 3 saturated heterocycles. The first-order chi connectivity index (χ1) is 48.5. The Kier molecular flexibility index (Phi) is 28.2. The number of amides is 2. The van der Waals surface area contributed by atoms with Crippen molar-refractivity contribution in [3.05, 3.63) is 128 Å². The van der Waals surface area contributed by atoms with Crippen LogP contribution in [-0.2, 0) is 48.0 Å². The molecule has 3 aliphatic carbocycles. The molecule has 21 heteroatoms. The van der Waals surface area contributed by atoms with Crippen LogP contribution < -0.4 is 62.2 Å². The molecular formula is C81H107ClIN3O16. The average Bonchev–Trinajstić information content (AvgIpc) is 0.783. The first-order valence-electron chi connectivity index (χ1n) is 35.0. The Morgan fingerprint density at radius 3 is 1.20 bits per heavy atom. The second kappa shape index (κ2) is 36.1. The summed E-state index contributed by atoms with van der Waals surface area (Å²) in [6, 6.07) is 31.1. The standard InChI is InChI=1S/2C20H29NO4.C15H21NO2.C13H13IO3.C13H14O3.ClH/c2*1-20(2,3)25-19(22)21-10-6-7-14-11-15-13(12-16(14)21)8-9-17(23-4)18(15)24-5;1-17-14-6-5-10-9-13-11(4-3-7-16-13)8-12(10)15(14)18-2;1-15-11-5-4-8-6-12(16-2)10(14)7-9(8)13(11)17-3;1-14-10-5-6-11-9(8-10)4-7-12(15-2)13(11)16-3;/h2*8-9,14,16H,6-7,10-12H2,1-5H3;5-6,11,13,16H,3-4,7-9H2,1-2H3;4-7H,1-3H3;4-8H,1-3H3;1H/t2*14-,16-;11-,13-;;;/m111.../s1. The smallest absolute Gasteiger partial charge is 0.410 e. The normalized spacial score (nSPS) is 19.0. The number of benzene rings is 7. The Hall–Kier alpha value is -7.82. The van der Waals surface area contributed by atoms with Crippen molar-refractivity contribution in [2.75, 3.05) is 105 Å².